The molecular weight excluding hydrogens is 477 g/mol. The van der Waals surface area contributed by atoms with Crippen LogP contribution in [0.5, 0.6) is 0 Å². The highest BCUT2D eigenvalue weighted by atomic mass is 127. The van der Waals surface area contributed by atoms with Crippen molar-refractivity contribution in [1.82, 2.24) is 0 Å². The molecule has 2 nitrogen and oxygen atoms in total. The van der Waals surface area contributed by atoms with E-state index in [1.807, 2.05) is 78.9 Å². The van der Waals surface area contributed by atoms with Gasteiger partial charge in [0.05, 0.1) is 11.6 Å². The predicted molar refractivity (Wildman–Crippen MR) is 110 cm³/mol. The number of hydrogen-bond donors (Lipinski definition) is 1. The molecule has 0 heterocycles. The molecule has 0 aliphatic heterocycles. The Morgan fingerprint density at radius 1 is 0.875 bits per heavy atom. The molecule has 0 bridgehead atoms. The number of hydrogen-bond acceptors (Lipinski definition) is 1. The Morgan fingerprint density at radius 3 is 1.92 bits per heavy atom. The Morgan fingerprint density at radius 2 is 1.42 bits per heavy atom. The molecule has 0 aromatic heterocycles. The van der Waals surface area contributed by atoms with Crippen molar-refractivity contribution in [3.63, 3.8) is 0 Å². The molecule has 3 rings (SSSR count). The molecule has 4 heteroatoms. The standard InChI is InChI=1S/C20H15BrINO/c21-16-11-12-18(17(22)13-16)23-20(24)19(14-7-3-1-4-8-14)15-9-5-2-6-10-15/h1-13,19H,(H,23,24). The molecule has 0 aliphatic rings. The van der Waals surface area contributed by atoms with E-state index in [0.29, 0.717) is 0 Å². The van der Waals surface area contributed by atoms with Gasteiger partial charge in [0.1, 0.15) is 0 Å². The zero-order valence-electron chi connectivity index (χ0n) is 12.7. The van der Waals surface area contributed by atoms with Gasteiger partial charge in [-0.15, -0.1) is 0 Å². The number of carbonyl (C=O) groups is 1. The van der Waals surface area contributed by atoms with Gasteiger partial charge in [-0.2, -0.15) is 0 Å². The van der Waals surface area contributed by atoms with Gasteiger partial charge in [0, 0.05) is 8.04 Å². The third kappa shape index (κ3) is 4.05. The SMILES string of the molecule is O=C(Nc1ccc(Br)cc1I)C(c1ccccc1)c1ccccc1. The summed E-state index contributed by atoms with van der Waals surface area (Å²) in [6.07, 6.45) is 0. The summed E-state index contributed by atoms with van der Waals surface area (Å²) in [4.78, 5) is 13.0. The summed E-state index contributed by atoms with van der Waals surface area (Å²) in [5, 5.41) is 3.07. The second-order valence-electron chi connectivity index (χ2n) is 5.37. The van der Waals surface area contributed by atoms with Gasteiger partial charge in [0.25, 0.3) is 0 Å². The minimum atomic E-state index is -0.341. The first-order valence-electron chi connectivity index (χ1n) is 7.51. The van der Waals surface area contributed by atoms with E-state index in [0.717, 1.165) is 24.9 Å². The van der Waals surface area contributed by atoms with Gasteiger partial charge in [-0.1, -0.05) is 76.6 Å². The van der Waals surface area contributed by atoms with E-state index in [1.54, 1.807) is 0 Å². The maximum Gasteiger partial charge on any atom is 0.236 e. The Kier molecular flexibility index (Phi) is 5.68. The zero-order chi connectivity index (χ0) is 16.9. The molecule has 1 amide bonds. The van der Waals surface area contributed by atoms with Crippen molar-refractivity contribution in [2.24, 2.45) is 0 Å². The van der Waals surface area contributed by atoms with E-state index in [4.69, 9.17) is 0 Å². The van der Waals surface area contributed by atoms with E-state index in [-0.39, 0.29) is 11.8 Å². The van der Waals surface area contributed by atoms with Crippen molar-refractivity contribution in [3.8, 4) is 0 Å². The first kappa shape index (κ1) is 17.2. The average molecular weight is 492 g/mol. The molecule has 0 aliphatic carbocycles. The van der Waals surface area contributed by atoms with Crippen molar-refractivity contribution in [3.05, 3.63) is 98.0 Å². The van der Waals surface area contributed by atoms with E-state index in [1.165, 1.54) is 0 Å². The minimum absolute atomic E-state index is 0.0346. The fraction of sp³-hybridized carbons (Fsp3) is 0.0500. The van der Waals surface area contributed by atoms with Crippen molar-refractivity contribution >= 4 is 50.1 Å². The lowest BCUT2D eigenvalue weighted by Gasteiger charge is -2.18. The van der Waals surface area contributed by atoms with Crippen molar-refractivity contribution in [1.29, 1.82) is 0 Å². The first-order chi connectivity index (χ1) is 11.6. The van der Waals surface area contributed by atoms with Gasteiger partial charge in [0.15, 0.2) is 0 Å². The Labute approximate surface area is 163 Å². The molecule has 24 heavy (non-hydrogen) atoms. The van der Waals surface area contributed by atoms with Gasteiger partial charge >= 0.3 is 0 Å². The minimum Gasteiger partial charge on any atom is -0.324 e. The van der Waals surface area contributed by atoms with Crippen molar-refractivity contribution in [2.75, 3.05) is 5.32 Å². The fourth-order valence-electron chi connectivity index (χ4n) is 2.58. The second-order valence-corrected chi connectivity index (χ2v) is 7.45. The molecule has 0 saturated heterocycles. The Balaban J connectivity index is 1.95. The van der Waals surface area contributed by atoms with Crippen molar-refractivity contribution in [2.45, 2.75) is 5.92 Å². The summed E-state index contributed by atoms with van der Waals surface area (Å²) in [6, 6.07) is 25.5. The third-order valence-electron chi connectivity index (χ3n) is 3.72. The molecule has 3 aromatic rings. The van der Waals surface area contributed by atoms with Crippen LogP contribution in [0, 0.1) is 3.57 Å². The molecule has 3 aromatic carbocycles. The number of benzene rings is 3. The van der Waals surface area contributed by atoms with Crippen LogP contribution < -0.4 is 5.32 Å². The monoisotopic (exact) mass is 491 g/mol. The number of halogens is 2. The van der Waals surface area contributed by atoms with Gasteiger partial charge in [0.2, 0.25) is 5.91 Å². The fourth-order valence-corrected chi connectivity index (χ4v) is 4.02. The van der Waals surface area contributed by atoms with Crippen LogP contribution in [0.1, 0.15) is 17.0 Å². The Bertz CT molecular complexity index is 797. The smallest absolute Gasteiger partial charge is 0.236 e. The number of amides is 1. The van der Waals surface area contributed by atoms with Crippen LogP contribution in [-0.2, 0) is 4.79 Å². The van der Waals surface area contributed by atoms with Crippen LogP contribution >= 0.6 is 38.5 Å². The first-order valence-corrected chi connectivity index (χ1v) is 9.38. The van der Waals surface area contributed by atoms with Crippen LogP contribution in [0.3, 0.4) is 0 Å². The van der Waals surface area contributed by atoms with Gasteiger partial charge in [-0.25, -0.2) is 0 Å². The lowest BCUT2D eigenvalue weighted by molar-refractivity contribution is -0.116. The van der Waals surface area contributed by atoms with Gasteiger partial charge in [-0.05, 0) is 51.9 Å². The predicted octanol–water partition coefficient (Wildman–Crippen LogP) is 5.82. The maximum absolute atomic E-state index is 13.0. The molecule has 0 fully saturated rings. The number of rotatable bonds is 4. The number of carbonyl (C=O) groups excluding carboxylic acids is 1. The zero-order valence-corrected chi connectivity index (χ0v) is 16.5. The largest absolute Gasteiger partial charge is 0.324 e. The molecule has 0 unspecified atom stereocenters. The molecule has 0 saturated carbocycles. The molecule has 0 radical (unpaired) electrons. The summed E-state index contributed by atoms with van der Waals surface area (Å²) in [6.45, 7) is 0. The lowest BCUT2D eigenvalue weighted by atomic mass is 9.90. The van der Waals surface area contributed by atoms with Crippen LogP contribution in [0.15, 0.2) is 83.3 Å². The van der Waals surface area contributed by atoms with Crippen LogP contribution in [0.2, 0.25) is 0 Å². The molecule has 0 spiro atoms. The topological polar surface area (TPSA) is 29.1 Å². The van der Waals surface area contributed by atoms with Crippen LogP contribution in [0.4, 0.5) is 5.69 Å². The summed E-state index contributed by atoms with van der Waals surface area (Å²) in [5.41, 5.74) is 2.78. The number of nitrogens with one attached hydrogen (secondary N) is 1. The van der Waals surface area contributed by atoms with Crippen LogP contribution in [-0.4, -0.2) is 5.91 Å². The highest BCUT2D eigenvalue weighted by molar-refractivity contribution is 14.1. The molecule has 120 valence electrons. The highest BCUT2D eigenvalue weighted by Gasteiger charge is 2.23. The van der Waals surface area contributed by atoms with Gasteiger partial charge in [-0.3, -0.25) is 4.79 Å². The maximum atomic E-state index is 13.0. The second kappa shape index (κ2) is 7.94. The van der Waals surface area contributed by atoms with Crippen LogP contribution in [0.25, 0.3) is 0 Å². The van der Waals surface area contributed by atoms with E-state index in [9.17, 15) is 4.79 Å². The van der Waals surface area contributed by atoms with Gasteiger partial charge < -0.3 is 5.32 Å². The molecular formula is C20H15BrINO. The summed E-state index contributed by atoms with van der Waals surface area (Å²) < 4.78 is 1.99. The molecule has 0 atom stereocenters. The summed E-state index contributed by atoms with van der Waals surface area (Å²) >= 11 is 5.67. The average Bonchev–Trinajstić information content (AvgIpc) is 2.60. The van der Waals surface area contributed by atoms with E-state index in [2.05, 4.69) is 43.8 Å². The quantitative estimate of drug-likeness (QED) is 0.457. The normalized spacial score (nSPS) is 10.6. The summed E-state index contributed by atoms with van der Waals surface area (Å²) in [5.74, 6) is -0.375. The van der Waals surface area contributed by atoms with Crippen molar-refractivity contribution < 1.29 is 4.79 Å². The molecule has 1 N–H and O–H groups in total. The highest BCUT2D eigenvalue weighted by Crippen LogP contribution is 2.28. The number of anilines is 1. The Hall–Kier alpha value is -1.66. The third-order valence-corrected chi connectivity index (χ3v) is 5.10. The van der Waals surface area contributed by atoms with E-state index < -0.39 is 0 Å². The lowest BCUT2D eigenvalue weighted by Crippen LogP contribution is -2.22. The van der Waals surface area contributed by atoms with E-state index >= 15 is 0 Å². The summed E-state index contributed by atoms with van der Waals surface area (Å²) in [7, 11) is 0.